The minimum Gasteiger partial charge on any atom is -0.353 e. The molecule has 1 aliphatic rings. The maximum Gasteiger partial charge on any atom is 0.237 e. The van der Waals surface area contributed by atoms with Gasteiger partial charge in [-0.2, -0.15) is 0 Å². The molecule has 118 valence electrons. The van der Waals surface area contributed by atoms with E-state index < -0.39 is 0 Å². The lowest BCUT2D eigenvalue weighted by atomic mass is 10.00. The maximum atomic E-state index is 12.2. The van der Waals surface area contributed by atoms with Crippen LogP contribution in [0.5, 0.6) is 0 Å². The van der Waals surface area contributed by atoms with E-state index in [1.54, 1.807) is 22.7 Å². The van der Waals surface area contributed by atoms with Crippen molar-refractivity contribution in [2.75, 3.05) is 13.1 Å². The van der Waals surface area contributed by atoms with Crippen LogP contribution in [-0.2, 0) is 11.3 Å². The molecule has 1 saturated heterocycles. The Morgan fingerprint density at radius 3 is 3.09 bits per heavy atom. The van der Waals surface area contributed by atoms with Crippen molar-refractivity contribution in [1.29, 1.82) is 0 Å². The molecule has 1 unspecified atom stereocenters. The zero-order chi connectivity index (χ0) is 15.5. The topological polar surface area (TPSA) is 45.2 Å². The maximum absolute atomic E-state index is 12.2. The predicted molar refractivity (Wildman–Crippen MR) is 92.1 cm³/mol. The van der Waals surface area contributed by atoms with Gasteiger partial charge in [0.15, 0.2) is 0 Å². The zero-order valence-electron chi connectivity index (χ0n) is 12.9. The minimum atomic E-state index is -0.0129. The van der Waals surface area contributed by atoms with Gasteiger partial charge in [-0.25, -0.2) is 4.98 Å². The van der Waals surface area contributed by atoms with Gasteiger partial charge in [0, 0.05) is 30.7 Å². The van der Waals surface area contributed by atoms with Crippen LogP contribution in [0.3, 0.4) is 0 Å². The van der Waals surface area contributed by atoms with Gasteiger partial charge >= 0.3 is 0 Å². The Hall–Kier alpha value is -1.24. The summed E-state index contributed by atoms with van der Waals surface area (Å²) < 4.78 is 0. The quantitative estimate of drug-likeness (QED) is 0.912. The van der Waals surface area contributed by atoms with Gasteiger partial charge in [0.25, 0.3) is 0 Å². The summed E-state index contributed by atoms with van der Waals surface area (Å²) in [6.07, 6.45) is 2.86. The number of rotatable bonds is 5. The lowest BCUT2D eigenvalue weighted by Crippen LogP contribution is -2.55. The summed E-state index contributed by atoms with van der Waals surface area (Å²) in [7, 11) is 0. The highest BCUT2D eigenvalue weighted by atomic mass is 32.1. The number of hydrogen-bond donors (Lipinski definition) is 1. The number of nitrogens with one attached hydrogen (secondary N) is 1. The first kappa shape index (κ1) is 15.6. The largest absolute Gasteiger partial charge is 0.353 e. The normalized spacial score (nSPS) is 19.6. The second kappa shape index (κ2) is 6.89. The molecule has 4 nitrogen and oxygen atoms in total. The smallest absolute Gasteiger partial charge is 0.237 e. The Morgan fingerprint density at radius 1 is 1.50 bits per heavy atom. The van der Waals surface area contributed by atoms with E-state index in [0.717, 1.165) is 31.1 Å². The predicted octanol–water partition coefficient (Wildman–Crippen LogP) is 3.22. The number of thiophene rings is 1. The van der Waals surface area contributed by atoms with Crippen LogP contribution in [0.15, 0.2) is 23.7 Å². The zero-order valence-corrected chi connectivity index (χ0v) is 14.5. The van der Waals surface area contributed by atoms with E-state index in [1.807, 2.05) is 6.20 Å². The van der Waals surface area contributed by atoms with Gasteiger partial charge in [0.1, 0.15) is 5.01 Å². The fourth-order valence-electron chi connectivity index (χ4n) is 2.75. The van der Waals surface area contributed by atoms with Gasteiger partial charge in [0.2, 0.25) is 5.91 Å². The fraction of sp³-hybridized carbons (Fsp3) is 0.500. The van der Waals surface area contributed by atoms with Gasteiger partial charge in [0.05, 0.1) is 10.9 Å². The Labute approximate surface area is 139 Å². The molecule has 1 fully saturated rings. The Bertz CT molecular complexity index is 621. The highest BCUT2D eigenvalue weighted by Crippen LogP contribution is 2.30. The highest BCUT2D eigenvalue weighted by Gasteiger charge is 2.30. The van der Waals surface area contributed by atoms with E-state index in [0.29, 0.717) is 5.92 Å². The van der Waals surface area contributed by atoms with Crippen LogP contribution in [-0.4, -0.2) is 34.9 Å². The molecule has 1 N–H and O–H groups in total. The van der Waals surface area contributed by atoms with Crippen LogP contribution in [0.1, 0.15) is 25.1 Å². The van der Waals surface area contributed by atoms with Crippen LogP contribution in [0.4, 0.5) is 0 Å². The number of aromatic nitrogens is 1. The number of amides is 1. The molecular weight excluding hydrogens is 314 g/mol. The third-order valence-electron chi connectivity index (χ3n) is 3.78. The van der Waals surface area contributed by atoms with Crippen LogP contribution in [0, 0.1) is 5.92 Å². The van der Waals surface area contributed by atoms with Gasteiger partial charge in [-0.05, 0) is 23.8 Å². The van der Waals surface area contributed by atoms with Crippen LogP contribution < -0.4 is 5.32 Å². The Balaban J connectivity index is 1.72. The summed E-state index contributed by atoms with van der Waals surface area (Å²) in [6.45, 7) is 6.80. The molecule has 0 saturated carbocycles. The molecule has 0 aliphatic carbocycles. The summed E-state index contributed by atoms with van der Waals surface area (Å²) in [5.74, 6) is 0.683. The lowest BCUT2D eigenvalue weighted by molar-refractivity contribution is -0.129. The van der Waals surface area contributed by atoms with Crippen molar-refractivity contribution < 1.29 is 4.79 Å². The van der Waals surface area contributed by atoms with Crippen molar-refractivity contribution in [2.45, 2.75) is 32.9 Å². The third-order valence-corrected chi connectivity index (χ3v) is 5.80. The molecule has 2 aromatic rings. The van der Waals surface area contributed by atoms with Gasteiger partial charge < -0.3 is 5.32 Å². The van der Waals surface area contributed by atoms with E-state index in [4.69, 9.17) is 0 Å². The molecule has 1 atom stereocenters. The van der Waals surface area contributed by atoms with Gasteiger partial charge in [-0.1, -0.05) is 19.9 Å². The highest BCUT2D eigenvalue weighted by molar-refractivity contribution is 7.20. The van der Waals surface area contributed by atoms with E-state index in [2.05, 4.69) is 46.6 Å². The lowest BCUT2D eigenvalue weighted by Gasteiger charge is -2.35. The summed E-state index contributed by atoms with van der Waals surface area (Å²) in [4.78, 5) is 21.4. The number of nitrogens with zero attached hydrogens (tertiary/aromatic N) is 2. The molecular formula is C16H21N3OS2. The molecule has 0 radical (unpaired) electrons. The van der Waals surface area contributed by atoms with E-state index in [-0.39, 0.29) is 11.9 Å². The average molecular weight is 335 g/mol. The minimum absolute atomic E-state index is 0.0129. The van der Waals surface area contributed by atoms with Crippen LogP contribution >= 0.6 is 22.7 Å². The van der Waals surface area contributed by atoms with Crippen molar-refractivity contribution >= 4 is 28.6 Å². The van der Waals surface area contributed by atoms with Crippen molar-refractivity contribution in [1.82, 2.24) is 15.2 Å². The first-order valence-corrected chi connectivity index (χ1v) is 9.33. The average Bonchev–Trinajstić information content (AvgIpc) is 3.13. The van der Waals surface area contributed by atoms with Crippen molar-refractivity contribution in [3.8, 4) is 9.88 Å². The van der Waals surface area contributed by atoms with Crippen LogP contribution in [0.2, 0.25) is 0 Å². The first-order valence-electron chi connectivity index (χ1n) is 7.64. The molecule has 6 heteroatoms. The van der Waals surface area contributed by atoms with Gasteiger partial charge in [-0.15, -0.1) is 22.7 Å². The molecule has 1 aliphatic heterocycles. The summed E-state index contributed by atoms with van der Waals surface area (Å²) >= 11 is 3.45. The molecule has 1 amide bonds. The standard InChI is InChI=1S/C16H21N3OS2/c1-11(2)8-13-15(20)17-5-6-19(13)10-12-9-18-16(22-12)14-4-3-7-21-14/h3-4,7,9,11,13H,5-6,8,10H2,1-2H3,(H,17,20). The van der Waals surface area contributed by atoms with Crippen molar-refractivity contribution in [3.05, 3.63) is 28.6 Å². The molecule has 0 aromatic carbocycles. The van der Waals surface area contributed by atoms with Crippen molar-refractivity contribution in [3.63, 3.8) is 0 Å². The molecule has 0 spiro atoms. The molecule has 3 rings (SSSR count). The number of carbonyl (C=O) groups is 1. The number of carbonyl (C=O) groups excluding carboxylic acids is 1. The number of thiazole rings is 1. The van der Waals surface area contributed by atoms with Crippen molar-refractivity contribution in [2.24, 2.45) is 5.92 Å². The summed E-state index contributed by atoms with van der Waals surface area (Å²) in [5.41, 5.74) is 0. The monoisotopic (exact) mass is 335 g/mol. The number of piperazine rings is 1. The second-order valence-electron chi connectivity index (χ2n) is 6.02. The van der Waals surface area contributed by atoms with E-state index in [9.17, 15) is 4.79 Å². The molecule has 3 heterocycles. The molecule has 2 aromatic heterocycles. The van der Waals surface area contributed by atoms with Gasteiger partial charge in [-0.3, -0.25) is 9.69 Å². The number of hydrogen-bond acceptors (Lipinski definition) is 5. The fourth-order valence-corrected chi connectivity index (χ4v) is 4.49. The second-order valence-corrected chi connectivity index (χ2v) is 8.08. The van der Waals surface area contributed by atoms with Crippen LogP contribution in [0.25, 0.3) is 9.88 Å². The van der Waals surface area contributed by atoms with E-state index >= 15 is 0 Å². The SMILES string of the molecule is CC(C)CC1C(=O)NCCN1Cc1cnc(-c2cccs2)s1. The first-order chi connectivity index (χ1) is 10.6. The molecule has 0 bridgehead atoms. The summed E-state index contributed by atoms with van der Waals surface area (Å²) in [6, 6.07) is 4.14. The Morgan fingerprint density at radius 2 is 2.36 bits per heavy atom. The molecule has 22 heavy (non-hydrogen) atoms. The Kier molecular flexibility index (Phi) is 4.90. The van der Waals surface area contributed by atoms with E-state index in [1.165, 1.54) is 9.75 Å². The summed E-state index contributed by atoms with van der Waals surface area (Å²) in [5, 5.41) is 6.14. The third kappa shape index (κ3) is 3.56.